The molecule has 4 heteroatoms. The lowest BCUT2D eigenvalue weighted by molar-refractivity contribution is 0.627. The largest absolute Gasteiger partial charge is 0.355 e. The van der Waals surface area contributed by atoms with Gasteiger partial charge in [0.05, 0.1) is 9.89 Å². The summed E-state index contributed by atoms with van der Waals surface area (Å²) in [5.74, 6) is -0.250. The van der Waals surface area contributed by atoms with Gasteiger partial charge in [-0.1, -0.05) is 48.1 Å². The van der Waals surface area contributed by atoms with Crippen molar-refractivity contribution in [2.75, 3.05) is 5.32 Å². The van der Waals surface area contributed by atoms with Crippen LogP contribution >= 0.6 is 23.8 Å². The molecule has 0 fully saturated rings. The van der Waals surface area contributed by atoms with E-state index in [4.69, 9.17) is 23.8 Å². The van der Waals surface area contributed by atoms with Gasteiger partial charge in [0.1, 0.15) is 5.82 Å². The third-order valence-corrected chi connectivity index (χ3v) is 4.82. The van der Waals surface area contributed by atoms with Gasteiger partial charge in [0.15, 0.2) is 0 Å². The Morgan fingerprint density at radius 1 is 0.920 bits per heavy atom. The molecule has 0 heterocycles. The van der Waals surface area contributed by atoms with Crippen molar-refractivity contribution in [1.82, 2.24) is 0 Å². The normalized spacial score (nSPS) is 10.6. The van der Waals surface area contributed by atoms with Crippen LogP contribution in [0.2, 0.25) is 5.02 Å². The molecule has 0 unspecified atom stereocenters. The van der Waals surface area contributed by atoms with Crippen molar-refractivity contribution in [3.8, 4) is 0 Å². The van der Waals surface area contributed by atoms with Crippen LogP contribution in [0, 0.1) is 19.7 Å². The molecule has 1 nitrogen and oxygen atoms in total. The highest BCUT2D eigenvalue weighted by atomic mass is 35.5. The second-order valence-electron chi connectivity index (χ2n) is 5.92. The van der Waals surface area contributed by atoms with Gasteiger partial charge in [0.25, 0.3) is 0 Å². The number of hydrogen-bond acceptors (Lipinski definition) is 2. The Morgan fingerprint density at radius 2 is 1.68 bits per heavy atom. The van der Waals surface area contributed by atoms with Crippen LogP contribution in [-0.4, -0.2) is 4.86 Å². The molecule has 0 saturated carbocycles. The summed E-state index contributed by atoms with van der Waals surface area (Å²) in [6, 6.07) is 18.3. The summed E-state index contributed by atoms with van der Waals surface area (Å²) in [7, 11) is 0. The molecule has 0 amide bonds. The second-order valence-corrected chi connectivity index (χ2v) is 6.74. The molecule has 0 bridgehead atoms. The van der Waals surface area contributed by atoms with Gasteiger partial charge in [-0.2, -0.15) is 0 Å². The summed E-state index contributed by atoms with van der Waals surface area (Å²) >= 11 is 12.1. The Kier molecular flexibility index (Phi) is 5.16. The number of hydrogen-bond donors (Lipinski definition) is 1. The van der Waals surface area contributed by atoms with Gasteiger partial charge >= 0.3 is 0 Å². The van der Waals surface area contributed by atoms with Crippen LogP contribution in [0.3, 0.4) is 0 Å². The smallest absolute Gasteiger partial charge is 0.123 e. The van der Waals surface area contributed by atoms with E-state index in [-0.39, 0.29) is 5.82 Å². The van der Waals surface area contributed by atoms with Gasteiger partial charge in [-0.25, -0.2) is 4.39 Å². The Balaban J connectivity index is 1.88. The first-order valence-electron chi connectivity index (χ1n) is 7.89. The Labute approximate surface area is 157 Å². The minimum atomic E-state index is -0.250. The van der Waals surface area contributed by atoms with Crippen LogP contribution in [-0.2, 0) is 0 Å². The third-order valence-electron chi connectivity index (χ3n) is 4.07. The maximum atomic E-state index is 13.2. The average Bonchev–Trinajstić information content (AvgIpc) is 2.57. The fourth-order valence-electron chi connectivity index (χ4n) is 2.67. The topological polar surface area (TPSA) is 12.0 Å². The van der Waals surface area contributed by atoms with Gasteiger partial charge in [0.2, 0.25) is 0 Å². The number of aryl methyl sites for hydroxylation is 2. The Hall–Kier alpha value is -2.23. The lowest BCUT2D eigenvalue weighted by atomic mass is 10.00. The molecule has 0 aliphatic carbocycles. The molecule has 0 aliphatic heterocycles. The lowest BCUT2D eigenvalue weighted by Crippen LogP contribution is -2.03. The minimum absolute atomic E-state index is 0.250. The standard InChI is InChI=1S/C21H17ClFNS/c1-13-5-3-4-6-17(13)21(25)18-9-8-16(12-19(18)22)24-20-10-7-15(23)11-14(20)2/h3-12,24H,1-2H3. The molecule has 0 aromatic heterocycles. The minimum Gasteiger partial charge on any atom is -0.355 e. The molecule has 0 atom stereocenters. The molecular formula is C21H17ClFNS. The Bertz CT molecular complexity index is 952. The van der Waals surface area contributed by atoms with Crippen molar-refractivity contribution >= 4 is 40.1 Å². The van der Waals surface area contributed by atoms with Crippen LogP contribution in [0.25, 0.3) is 0 Å². The summed E-state index contributed by atoms with van der Waals surface area (Å²) in [5, 5.41) is 3.84. The SMILES string of the molecule is Cc1cc(F)ccc1Nc1ccc(C(=S)c2ccccc2C)c(Cl)c1. The molecule has 126 valence electrons. The van der Waals surface area contributed by atoms with Crippen LogP contribution in [0.1, 0.15) is 22.3 Å². The molecule has 0 radical (unpaired) electrons. The molecule has 0 aliphatic rings. The molecule has 0 spiro atoms. The summed E-state index contributed by atoms with van der Waals surface area (Å²) in [4.78, 5) is 0.729. The van der Waals surface area contributed by atoms with Crippen molar-refractivity contribution in [2.45, 2.75) is 13.8 Å². The molecule has 25 heavy (non-hydrogen) atoms. The van der Waals surface area contributed by atoms with Gasteiger partial charge in [0, 0.05) is 16.9 Å². The fraction of sp³-hybridized carbons (Fsp3) is 0.0952. The number of benzene rings is 3. The molecule has 0 saturated heterocycles. The van der Waals surface area contributed by atoms with Crippen molar-refractivity contribution in [3.63, 3.8) is 0 Å². The highest BCUT2D eigenvalue weighted by Gasteiger charge is 2.12. The zero-order chi connectivity index (χ0) is 18.0. The van der Waals surface area contributed by atoms with Gasteiger partial charge in [-0.3, -0.25) is 0 Å². The maximum absolute atomic E-state index is 13.2. The number of rotatable bonds is 4. The zero-order valence-electron chi connectivity index (χ0n) is 13.9. The maximum Gasteiger partial charge on any atom is 0.123 e. The molecule has 3 rings (SSSR count). The molecule has 3 aromatic carbocycles. The van der Waals surface area contributed by atoms with Crippen molar-refractivity contribution in [1.29, 1.82) is 0 Å². The van der Waals surface area contributed by atoms with Crippen molar-refractivity contribution in [3.05, 3.63) is 93.8 Å². The summed E-state index contributed by atoms with van der Waals surface area (Å²) in [6.07, 6.45) is 0. The second kappa shape index (κ2) is 7.34. The number of anilines is 2. The predicted molar refractivity (Wildman–Crippen MR) is 108 cm³/mol. The van der Waals surface area contributed by atoms with Gasteiger partial charge < -0.3 is 5.32 Å². The number of thiocarbonyl (C=S) groups is 1. The average molecular weight is 370 g/mol. The molecular weight excluding hydrogens is 353 g/mol. The highest BCUT2D eigenvalue weighted by Crippen LogP contribution is 2.28. The first kappa shape index (κ1) is 17.6. The molecule has 1 N–H and O–H groups in total. The van der Waals surface area contributed by atoms with Crippen LogP contribution < -0.4 is 5.32 Å². The summed E-state index contributed by atoms with van der Waals surface area (Å²) in [6.45, 7) is 3.89. The van der Waals surface area contributed by atoms with Gasteiger partial charge in [-0.05, 0) is 66.9 Å². The van der Waals surface area contributed by atoms with Crippen molar-refractivity contribution in [2.24, 2.45) is 0 Å². The number of nitrogens with one attached hydrogen (secondary N) is 1. The fourth-order valence-corrected chi connectivity index (χ4v) is 3.41. The third kappa shape index (κ3) is 3.89. The first-order valence-corrected chi connectivity index (χ1v) is 8.67. The van der Waals surface area contributed by atoms with E-state index in [9.17, 15) is 4.39 Å². The number of halogens is 2. The van der Waals surface area contributed by atoms with E-state index < -0.39 is 0 Å². The predicted octanol–water partition coefficient (Wildman–Crippen LogP) is 6.61. The van der Waals surface area contributed by atoms with Crippen LogP contribution in [0.4, 0.5) is 15.8 Å². The van der Waals surface area contributed by atoms with E-state index in [0.717, 1.165) is 38.5 Å². The summed E-state index contributed by atoms with van der Waals surface area (Å²) in [5.41, 5.74) is 5.45. The van der Waals surface area contributed by atoms with E-state index in [2.05, 4.69) is 5.32 Å². The van der Waals surface area contributed by atoms with E-state index in [1.807, 2.05) is 56.3 Å². The van der Waals surface area contributed by atoms with Crippen LogP contribution in [0.5, 0.6) is 0 Å². The monoisotopic (exact) mass is 369 g/mol. The van der Waals surface area contributed by atoms with E-state index >= 15 is 0 Å². The lowest BCUT2D eigenvalue weighted by Gasteiger charge is -2.13. The quantitative estimate of drug-likeness (QED) is 0.410. The van der Waals surface area contributed by atoms with E-state index in [0.29, 0.717) is 5.02 Å². The molecule has 3 aromatic rings. The van der Waals surface area contributed by atoms with Crippen LogP contribution in [0.15, 0.2) is 60.7 Å². The van der Waals surface area contributed by atoms with Gasteiger partial charge in [-0.15, -0.1) is 0 Å². The highest BCUT2D eigenvalue weighted by molar-refractivity contribution is 7.81. The van der Waals surface area contributed by atoms with Crippen molar-refractivity contribution < 1.29 is 4.39 Å². The zero-order valence-corrected chi connectivity index (χ0v) is 15.5. The first-order chi connectivity index (χ1) is 12.0. The van der Waals surface area contributed by atoms with E-state index in [1.54, 1.807) is 6.07 Å². The van der Waals surface area contributed by atoms with E-state index in [1.165, 1.54) is 12.1 Å². The summed E-state index contributed by atoms with van der Waals surface area (Å²) < 4.78 is 13.2. The Morgan fingerprint density at radius 3 is 2.36 bits per heavy atom.